The molecule has 1 saturated heterocycles. The summed E-state index contributed by atoms with van der Waals surface area (Å²) >= 11 is 0. The summed E-state index contributed by atoms with van der Waals surface area (Å²) in [7, 11) is 2.11. The second-order valence-electron chi connectivity index (χ2n) is 3.87. The van der Waals surface area contributed by atoms with E-state index in [9.17, 15) is 0 Å². The first kappa shape index (κ1) is 8.66. The molecule has 1 fully saturated rings. The molecule has 1 aromatic rings. The van der Waals surface area contributed by atoms with Crippen LogP contribution in [0.1, 0.15) is 5.69 Å². The summed E-state index contributed by atoms with van der Waals surface area (Å²) in [5.41, 5.74) is 7.05. The van der Waals surface area contributed by atoms with Gasteiger partial charge in [0.2, 0.25) is 0 Å². The van der Waals surface area contributed by atoms with Gasteiger partial charge in [0.1, 0.15) is 0 Å². The van der Waals surface area contributed by atoms with E-state index in [1.54, 1.807) is 0 Å². The molecule has 2 rings (SSSR count). The minimum atomic E-state index is 0.121. The maximum atomic E-state index is 5.80. The van der Waals surface area contributed by atoms with E-state index < -0.39 is 0 Å². The van der Waals surface area contributed by atoms with E-state index in [0.29, 0.717) is 6.54 Å². The van der Waals surface area contributed by atoms with Gasteiger partial charge in [0.25, 0.3) is 0 Å². The van der Waals surface area contributed by atoms with Gasteiger partial charge in [-0.25, -0.2) is 0 Å². The third-order valence-corrected chi connectivity index (χ3v) is 2.74. The topological polar surface area (TPSA) is 42.1 Å². The Morgan fingerprint density at radius 2 is 2.31 bits per heavy atom. The quantitative estimate of drug-likeness (QED) is 0.703. The largest absolute Gasteiger partial charge is 0.329 e. The van der Waals surface area contributed by atoms with Gasteiger partial charge in [-0.2, -0.15) is 0 Å². The van der Waals surface area contributed by atoms with Crippen molar-refractivity contribution >= 4 is 0 Å². The molecule has 0 saturated carbocycles. The molecule has 1 aliphatic rings. The van der Waals surface area contributed by atoms with Crippen molar-refractivity contribution in [1.29, 1.82) is 0 Å². The maximum Gasteiger partial charge on any atom is 0.0503 e. The van der Waals surface area contributed by atoms with E-state index in [4.69, 9.17) is 5.73 Å². The predicted molar refractivity (Wildman–Crippen MR) is 52.5 cm³/mol. The molecule has 1 aromatic heterocycles. The normalized spacial score (nSPS) is 21.1. The summed E-state index contributed by atoms with van der Waals surface area (Å²) in [5.74, 6) is 0. The lowest BCUT2D eigenvalue weighted by molar-refractivity contribution is 0.0965. The molecule has 13 heavy (non-hydrogen) atoms. The molecule has 2 N–H and O–H groups in total. The highest BCUT2D eigenvalue weighted by Gasteiger charge is 2.42. The average molecular weight is 177 g/mol. The second kappa shape index (κ2) is 3.09. The fraction of sp³-hybridized carbons (Fsp3) is 0.500. The number of aromatic nitrogens is 1. The van der Waals surface area contributed by atoms with Crippen LogP contribution in [0.25, 0.3) is 0 Å². The van der Waals surface area contributed by atoms with Crippen LogP contribution in [-0.4, -0.2) is 36.6 Å². The van der Waals surface area contributed by atoms with Gasteiger partial charge < -0.3 is 10.6 Å². The molecule has 0 spiro atoms. The zero-order valence-corrected chi connectivity index (χ0v) is 7.90. The van der Waals surface area contributed by atoms with Crippen LogP contribution >= 0.6 is 0 Å². The van der Waals surface area contributed by atoms with Gasteiger partial charge in [-0.05, 0) is 19.2 Å². The van der Waals surface area contributed by atoms with Gasteiger partial charge in [-0.15, -0.1) is 0 Å². The fourth-order valence-corrected chi connectivity index (χ4v) is 2.06. The van der Waals surface area contributed by atoms with Crippen molar-refractivity contribution in [3.63, 3.8) is 0 Å². The number of pyridine rings is 1. The van der Waals surface area contributed by atoms with E-state index in [-0.39, 0.29) is 5.41 Å². The maximum absolute atomic E-state index is 5.80. The number of likely N-dealkylation sites (N-methyl/N-ethyl adjacent to an activating group) is 1. The smallest absolute Gasteiger partial charge is 0.0503 e. The number of likely N-dealkylation sites (tertiary alicyclic amines) is 1. The van der Waals surface area contributed by atoms with Gasteiger partial charge in [0.15, 0.2) is 0 Å². The molecule has 2 heterocycles. The zero-order chi connectivity index (χ0) is 9.31. The molecule has 3 heteroatoms. The van der Waals surface area contributed by atoms with Gasteiger partial charge in [-0.1, -0.05) is 6.07 Å². The standard InChI is InChI=1S/C10H15N3/c1-13-7-10(6-11,8-13)9-4-2-3-5-12-9/h2-5H,6-8,11H2,1H3. The van der Waals surface area contributed by atoms with Crippen molar-refractivity contribution in [2.75, 3.05) is 26.7 Å². The van der Waals surface area contributed by atoms with E-state index >= 15 is 0 Å². The van der Waals surface area contributed by atoms with Crippen molar-refractivity contribution in [3.8, 4) is 0 Å². The Morgan fingerprint density at radius 1 is 1.54 bits per heavy atom. The summed E-state index contributed by atoms with van der Waals surface area (Å²) in [6, 6.07) is 6.04. The van der Waals surface area contributed by atoms with Crippen LogP contribution in [0.4, 0.5) is 0 Å². The van der Waals surface area contributed by atoms with Crippen LogP contribution in [0.15, 0.2) is 24.4 Å². The molecular weight excluding hydrogens is 162 g/mol. The Bertz CT molecular complexity index is 277. The van der Waals surface area contributed by atoms with Crippen molar-refractivity contribution in [2.24, 2.45) is 5.73 Å². The van der Waals surface area contributed by atoms with E-state index in [0.717, 1.165) is 18.8 Å². The first-order valence-electron chi connectivity index (χ1n) is 4.57. The summed E-state index contributed by atoms with van der Waals surface area (Å²) in [6.45, 7) is 2.75. The molecule has 0 amide bonds. The molecule has 70 valence electrons. The van der Waals surface area contributed by atoms with Crippen molar-refractivity contribution < 1.29 is 0 Å². The first-order valence-corrected chi connectivity index (χ1v) is 4.57. The molecule has 0 unspecified atom stereocenters. The lowest BCUT2D eigenvalue weighted by Crippen LogP contribution is -2.61. The minimum Gasteiger partial charge on any atom is -0.329 e. The molecule has 0 radical (unpaired) electrons. The van der Waals surface area contributed by atoms with Gasteiger partial charge in [-0.3, -0.25) is 4.98 Å². The summed E-state index contributed by atoms with van der Waals surface area (Å²) in [4.78, 5) is 6.64. The molecule has 3 nitrogen and oxygen atoms in total. The number of nitrogens with two attached hydrogens (primary N) is 1. The van der Waals surface area contributed by atoms with Gasteiger partial charge in [0.05, 0.1) is 11.1 Å². The Labute approximate surface area is 78.6 Å². The van der Waals surface area contributed by atoms with E-state index in [1.165, 1.54) is 0 Å². The van der Waals surface area contributed by atoms with Crippen LogP contribution in [0, 0.1) is 0 Å². The highest BCUT2D eigenvalue weighted by atomic mass is 15.2. The number of hydrogen-bond donors (Lipinski definition) is 1. The zero-order valence-electron chi connectivity index (χ0n) is 7.90. The Morgan fingerprint density at radius 3 is 2.77 bits per heavy atom. The average Bonchev–Trinajstić information content (AvgIpc) is 2.14. The van der Waals surface area contributed by atoms with E-state index in [1.807, 2.05) is 18.3 Å². The van der Waals surface area contributed by atoms with Gasteiger partial charge >= 0.3 is 0 Å². The lowest BCUT2D eigenvalue weighted by atomic mass is 9.77. The lowest BCUT2D eigenvalue weighted by Gasteiger charge is -2.47. The molecule has 0 atom stereocenters. The van der Waals surface area contributed by atoms with E-state index in [2.05, 4.69) is 23.0 Å². The predicted octanol–water partition coefficient (Wildman–Crippen LogP) is 0.223. The highest BCUT2D eigenvalue weighted by Crippen LogP contribution is 2.30. The molecule has 0 aliphatic carbocycles. The van der Waals surface area contributed by atoms with Crippen molar-refractivity contribution in [2.45, 2.75) is 5.41 Å². The summed E-state index contributed by atoms with van der Waals surface area (Å²) in [6.07, 6.45) is 1.84. The molecule has 0 aromatic carbocycles. The summed E-state index contributed by atoms with van der Waals surface area (Å²) in [5, 5.41) is 0. The molecular formula is C10H15N3. The Hall–Kier alpha value is -0.930. The first-order chi connectivity index (χ1) is 6.27. The Balaban J connectivity index is 2.24. The van der Waals surface area contributed by atoms with Crippen LogP contribution in [0.3, 0.4) is 0 Å². The number of nitrogens with zero attached hydrogens (tertiary/aromatic N) is 2. The Kier molecular flexibility index (Phi) is 2.06. The molecule has 0 bridgehead atoms. The number of rotatable bonds is 2. The van der Waals surface area contributed by atoms with Crippen LogP contribution in [0.5, 0.6) is 0 Å². The van der Waals surface area contributed by atoms with Crippen LogP contribution in [-0.2, 0) is 5.41 Å². The SMILES string of the molecule is CN1CC(CN)(c2ccccn2)C1. The summed E-state index contributed by atoms with van der Waals surface area (Å²) < 4.78 is 0. The monoisotopic (exact) mass is 177 g/mol. The van der Waals surface area contributed by atoms with Gasteiger partial charge in [0, 0.05) is 25.8 Å². The third-order valence-electron chi connectivity index (χ3n) is 2.74. The highest BCUT2D eigenvalue weighted by molar-refractivity contribution is 5.23. The second-order valence-corrected chi connectivity index (χ2v) is 3.87. The van der Waals surface area contributed by atoms with Crippen molar-refractivity contribution in [3.05, 3.63) is 30.1 Å². The number of hydrogen-bond acceptors (Lipinski definition) is 3. The molecule has 1 aliphatic heterocycles. The van der Waals surface area contributed by atoms with Crippen molar-refractivity contribution in [1.82, 2.24) is 9.88 Å². The fourth-order valence-electron chi connectivity index (χ4n) is 2.06. The van der Waals surface area contributed by atoms with Crippen LogP contribution in [0.2, 0.25) is 0 Å². The third kappa shape index (κ3) is 1.34. The van der Waals surface area contributed by atoms with Crippen LogP contribution < -0.4 is 5.73 Å². The minimum absolute atomic E-state index is 0.121.